The molecule has 4 nitrogen and oxygen atoms in total. The summed E-state index contributed by atoms with van der Waals surface area (Å²) in [5.74, 6) is 0.254. The smallest absolute Gasteiger partial charge is 0.234 e. The van der Waals surface area contributed by atoms with Gasteiger partial charge in [0.1, 0.15) is 0 Å². The number of carbonyl (C=O) groups excluding carboxylic acids is 1. The lowest BCUT2D eigenvalue weighted by Crippen LogP contribution is -2.43. The molecule has 2 atom stereocenters. The van der Waals surface area contributed by atoms with Gasteiger partial charge in [0.2, 0.25) is 5.91 Å². The molecule has 0 heterocycles. The van der Waals surface area contributed by atoms with Crippen molar-refractivity contribution in [2.75, 3.05) is 6.61 Å². The fourth-order valence-electron chi connectivity index (χ4n) is 1.48. The van der Waals surface area contributed by atoms with Gasteiger partial charge in [0, 0.05) is 25.0 Å². The van der Waals surface area contributed by atoms with Crippen LogP contribution in [-0.2, 0) is 4.79 Å². The third-order valence-electron chi connectivity index (χ3n) is 2.28. The normalized spacial score (nSPS) is 25.3. The Bertz CT molecular complexity index is 216. The molecule has 14 heavy (non-hydrogen) atoms. The van der Waals surface area contributed by atoms with Gasteiger partial charge < -0.3 is 5.11 Å². The van der Waals surface area contributed by atoms with Crippen molar-refractivity contribution in [1.82, 2.24) is 10.9 Å². The third kappa shape index (κ3) is 3.47. The Morgan fingerprint density at radius 3 is 2.93 bits per heavy atom. The average molecular weight is 198 g/mol. The van der Waals surface area contributed by atoms with Gasteiger partial charge in [0.25, 0.3) is 0 Å². The van der Waals surface area contributed by atoms with Crippen LogP contribution in [0.1, 0.15) is 26.2 Å². The lowest BCUT2D eigenvalue weighted by molar-refractivity contribution is -0.122. The van der Waals surface area contributed by atoms with E-state index in [0.29, 0.717) is 6.42 Å². The first-order valence-corrected chi connectivity index (χ1v) is 5.09. The van der Waals surface area contributed by atoms with Crippen molar-refractivity contribution in [1.29, 1.82) is 0 Å². The highest BCUT2D eigenvalue weighted by Crippen LogP contribution is 2.16. The van der Waals surface area contributed by atoms with Crippen molar-refractivity contribution >= 4 is 5.91 Å². The summed E-state index contributed by atoms with van der Waals surface area (Å²) in [5, 5.41) is 8.88. The summed E-state index contributed by atoms with van der Waals surface area (Å²) in [7, 11) is 0. The SMILES string of the molecule is CCCC(=O)NNC1C=CC(CO)C1. The standard InChI is InChI=1S/C10H18N2O2/c1-2-3-10(14)12-11-9-5-4-8(6-9)7-13/h4-5,8-9,11,13H,2-3,6-7H2,1H3,(H,12,14). The molecule has 0 saturated carbocycles. The zero-order chi connectivity index (χ0) is 10.4. The van der Waals surface area contributed by atoms with Crippen molar-refractivity contribution in [3.8, 4) is 0 Å². The summed E-state index contributed by atoms with van der Waals surface area (Å²) < 4.78 is 0. The lowest BCUT2D eigenvalue weighted by atomic mass is 10.1. The van der Waals surface area contributed by atoms with Crippen LogP contribution in [0.3, 0.4) is 0 Å². The Balaban J connectivity index is 2.15. The van der Waals surface area contributed by atoms with E-state index in [9.17, 15) is 4.79 Å². The fourth-order valence-corrected chi connectivity index (χ4v) is 1.48. The number of aliphatic hydroxyl groups excluding tert-OH is 1. The van der Waals surface area contributed by atoms with Gasteiger partial charge in [0.15, 0.2) is 0 Å². The van der Waals surface area contributed by atoms with Crippen molar-refractivity contribution in [2.45, 2.75) is 32.2 Å². The quantitative estimate of drug-likeness (QED) is 0.441. The molecule has 0 aromatic heterocycles. The highest BCUT2D eigenvalue weighted by Gasteiger charge is 2.17. The summed E-state index contributed by atoms with van der Waals surface area (Å²) in [5.41, 5.74) is 5.58. The molecule has 0 aliphatic heterocycles. The summed E-state index contributed by atoms with van der Waals surface area (Å²) in [6.45, 7) is 2.15. The van der Waals surface area contributed by atoms with Gasteiger partial charge in [-0.15, -0.1) is 0 Å². The Morgan fingerprint density at radius 1 is 1.57 bits per heavy atom. The maximum atomic E-state index is 11.1. The Hall–Kier alpha value is -0.870. The zero-order valence-electron chi connectivity index (χ0n) is 8.49. The van der Waals surface area contributed by atoms with E-state index in [0.717, 1.165) is 12.8 Å². The lowest BCUT2D eigenvalue weighted by Gasteiger charge is -2.13. The minimum Gasteiger partial charge on any atom is -0.396 e. The van der Waals surface area contributed by atoms with Gasteiger partial charge in [-0.1, -0.05) is 19.1 Å². The monoisotopic (exact) mass is 198 g/mol. The Kier molecular flexibility index (Phi) is 4.62. The Morgan fingerprint density at radius 2 is 2.36 bits per heavy atom. The molecule has 4 heteroatoms. The van der Waals surface area contributed by atoms with Crippen LogP contribution < -0.4 is 10.9 Å². The maximum Gasteiger partial charge on any atom is 0.234 e. The number of hydrogen-bond donors (Lipinski definition) is 3. The average Bonchev–Trinajstić information content (AvgIpc) is 2.63. The van der Waals surface area contributed by atoms with E-state index in [2.05, 4.69) is 10.9 Å². The number of aliphatic hydroxyl groups is 1. The molecular weight excluding hydrogens is 180 g/mol. The van der Waals surface area contributed by atoms with Gasteiger partial charge in [0.05, 0.1) is 0 Å². The minimum atomic E-state index is 0.0216. The molecule has 2 unspecified atom stereocenters. The van der Waals surface area contributed by atoms with Crippen LogP contribution in [0.15, 0.2) is 12.2 Å². The van der Waals surface area contributed by atoms with E-state index in [1.807, 2.05) is 19.1 Å². The summed E-state index contributed by atoms with van der Waals surface area (Å²) in [6.07, 6.45) is 6.21. The molecule has 1 aliphatic carbocycles. The van der Waals surface area contributed by atoms with E-state index < -0.39 is 0 Å². The molecule has 0 saturated heterocycles. The van der Waals surface area contributed by atoms with E-state index >= 15 is 0 Å². The van der Waals surface area contributed by atoms with E-state index in [-0.39, 0.29) is 24.5 Å². The van der Waals surface area contributed by atoms with E-state index in [1.165, 1.54) is 0 Å². The van der Waals surface area contributed by atoms with Crippen LogP contribution in [0.25, 0.3) is 0 Å². The number of carbonyl (C=O) groups is 1. The number of hydrogen-bond acceptors (Lipinski definition) is 3. The van der Waals surface area contributed by atoms with E-state index in [4.69, 9.17) is 5.11 Å². The van der Waals surface area contributed by atoms with Gasteiger partial charge in [-0.25, -0.2) is 5.43 Å². The van der Waals surface area contributed by atoms with Crippen LogP contribution in [0, 0.1) is 5.92 Å². The molecule has 80 valence electrons. The van der Waals surface area contributed by atoms with Gasteiger partial charge in [-0.2, -0.15) is 0 Å². The largest absolute Gasteiger partial charge is 0.396 e. The van der Waals surface area contributed by atoms with Gasteiger partial charge >= 0.3 is 0 Å². The number of nitrogens with one attached hydrogen (secondary N) is 2. The number of amides is 1. The molecule has 0 aromatic rings. The van der Waals surface area contributed by atoms with Crippen molar-refractivity contribution < 1.29 is 9.90 Å². The van der Waals surface area contributed by atoms with Crippen molar-refractivity contribution in [3.05, 3.63) is 12.2 Å². The van der Waals surface area contributed by atoms with E-state index in [1.54, 1.807) is 0 Å². The molecule has 0 bridgehead atoms. The van der Waals surface area contributed by atoms with Gasteiger partial charge in [-0.3, -0.25) is 10.2 Å². The van der Waals surface area contributed by atoms with Crippen LogP contribution in [0.4, 0.5) is 0 Å². The number of rotatable bonds is 5. The third-order valence-corrected chi connectivity index (χ3v) is 2.28. The minimum absolute atomic E-state index is 0.0216. The molecule has 3 N–H and O–H groups in total. The van der Waals surface area contributed by atoms with Gasteiger partial charge in [-0.05, 0) is 12.8 Å². The summed E-state index contributed by atoms with van der Waals surface area (Å²) in [4.78, 5) is 11.1. The first-order chi connectivity index (χ1) is 6.76. The molecule has 0 radical (unpaired) electrons. The molecule has 1 amide bonds. The Labute approximate surface area is 84.4 Å². The van der Waals surface area contributed by atoms with Crippen molar-refractivity contribution in [3.63, 3.8) is 0 Å². The zero-order valence-corrected chi connectivity index (χ0v) is 8.49. The summed E-state index contributed by atoms with van der Waals surface area (Å²) in [6, 6.07) is 0.160. The second-order valence-corrected chi connectivity index (χ2v) is 3.61. The predicted octanol–water partition coefficient (Wildman–Crippen LogP) is 0.344. The highest BCUT2D eigenvalue weighted by atomic mass is 16.3. The molecule has 1 rings (SSSR count). The highest BCUT2D eigenvalue weighted by molar-refractivity contribution is 5.75. The summed E-state index contributed by atoms with van der Waals surface area (Å²) >= 11 is 0. The predicted molar refractivity (Wildman–Crippen MR) is 54.3 cm³/mol. The fraction of sp³-hybridized carbons (Fsp3) is 0.700. The second-order valence-electron chi connectivity index (χ2n) is 3.61. The first kappa shape index (κ1) is 11.2. The molecular formula is C10H18N2O2. The van der Waals surface area contributed by atoms with Crippen LogP contribution >= 0.6 is 0 Å². The molecule has 1 aliphatic rings. The topological polar surface area (TPSA) is 61.4 Å². The van der Waals surface area contributed by atoms with Crippen LogP contribution in [0.5, 0.6) is 0 Å². The second kappa shape index (κ2) is 5.78. The van der Waals surface area contributed by atoms with Crippen LogP contribution in [0.2, 0.25) is 0 Å². The number of hydrazine groups is 1. The molecule has 0 aromatic carbocycles. The molecule has 0 spiro atoms. The van der Waals surface area contributed by atoms with Crippen LogP contribution in [-0.4, -0.2) is 23.7 Å². The maximum absolute atomic E-state index is 11.1. The first-order valence-electron chi connectivity index (χ1n) is 5.09. The van der Waals surface area contributed by atoms with Crippen molar-refractivity contribution in [2.24, 2.45) is 5.92 Å². The molecule has 0 fully saturated rings.